The minimum absolute atomic E-state index is 0.101. The predicted molar refractivity (Wildman–Crippen MR) is 98.8 cm³/mol. The van der Waals surface area contributed by atoms with Crippen LogP contribution in [-0.2, 0) is 10.0 Å². The standard InChI is InChI=1S/C17H15ClN4O2S/c1-22(14-5-3-2-4-6-14)17-12-11-16(19-20-17)21-25(23,24)15-9-7-13(18)8-10-15/h2-12H,1H3,(H,19,21). The lowest BCUT2D eigenvalue weighted by atomic mass is 10.3. The molecule has 0 bridgehead atoms. The summed E-state index contributed by atoms with van der Waals surface area (Å²) in [5.41, 5.74) is 0.950. The molecule has 1 heterocycles. The smallest absolute Gasteiger partial charge is 0.263 e. The third-order valence-electron chi connectivity index (χ3n) is 3.50. The van der Waals surface area contributed by atoms with Gasteiger partial charge in [0.15, 0.2) is 11.6 Å². The fourth-order valence-electron chi connectivity index (χ4n) is 2.15. The summed E-state index contributed by atoms with van der Waals surface area (Å²) in [5, 5.41) is 8.49. The highest BCUT2D eigenvalue weighted by molar-refractivity contribution is 7.92. The van der Waals surface area contributed by atoms with Gasteiger partial charge in [-0.3, -0.25) is 4.72 Å². The number of benzene rings is 2. The second-order valence-electron chi connectivity index (χ2n) is 5.23. The number of rotatable bonds is 5. The Balaban J connectivity index is 1.77. The van der Waals surface area contributed by atoms with E-state index in [4.69, 9.17) is 11.6 Å². The molecule has 3 aromatic rings. The second-order valence-corrected chi connectivity index (χ2v) is 7.35. The van der Waals surface area contributed by atoms with Crippen molar-refractivity contribution in [3.05, 3.63) is 71.8 Å². The summed E-state index contributed by atoms with van der Waals surface area (Å²) in [6, 6.07) is 18.8. The van der Waals surface area contributed by atoms with Crippen molar-refractivity contribution < 1.29 is 8.42 Å². The van der Waals surface area contributed by atoms with Gasteiger partial charge in [0.05, 0.1) is 4.90 Å². The van der Waals surface area contributed by atoms with E-state index in [1.54, 1.807) is 12.1 Å². The van der Waals surface area contributed by atoms with E-state index in [0.29, 0.717) is 10.8 Å². The van der Waals surface area contributed by atoms with Gasteiger partial charge in [0, 0.05) is 17.8 Å². The summed E-state index contributed by atoms with van der Waals surface area (Å²) in [4.78, 5) is 1.95. The molecule has 3 rings (SSSR count). The van der Waals surface area contributed by atoms with Crippen molar-refractivity contribution in [1.82, 2.24) is 10.2 Å². The molecule has 6 nitrogen and oxygen atoms in total. The van der Waals surface area contributed by atoms with Crippen LogP contribution in [0.3, 0.4) is 0 Å². The quantitative estimate of drug-likeness (QED) is 0.737. The zero-order chi connectivity index (χ0) is 17.9. The number of sulfonamides is 1. The average Bonchev–Trinajstić information content (AvgIpc) is 2.62. The minimum atomic E-state index is -3.74. The van der Waals surface area contributed by atoms with E-state index in [9.17, 15) is 8.42 Å². The average molecular weight is 375 g/mol. The van der Waals surface area contributed by atoms with Crippen molar-refractivity contribution in [2.45, 2.75) is 4.90 Å². The topological polar surface area (TPSA) is 75.2 Å². The van der Waals surface area contributed by atoms with Crippen LogP contribution in [0, 0.1) is 0 Å². The molecular weight excluding hydrogens is 360 g/mol. The lowest BCUT2D eigenvalue weighted by Crippen LogP contribution is -2.16. The fourth-order valence-corrected chi connectivity index (χ4v) is 3.28. The summed E-state index contributed by atoms with van der Waals surface area (Å²) in [6.45, 7) is 0. The lowest BCUT2D eigenvalue weighted by Gasteiger charge is -2.17. The molecule has 0 atom stereocenters. The Hall–Kier alpha value is -2.64. The van der Waals surface area contributed by atoms with E-state index < -0.39 is 10.0 Å². The zero-order valence-electron chi connectivity index (χ0n) is 13.3. The molecule has 1 aromatic heterocycles. The van der Waals surface area contributed by atoms with Crippen LogP contribution in [0.25, 0.3) is 0 Å². The van der Waals surface area contributed by atoms with Crippen LogP contribution < -0.4 is 9.62 Å². The molecule has 0 saturated heterocycles. The maximum absolute atomic E-state index is 12.3. The summed E-state index contributed by atoms with van der Waals surface area (Å²) in [7, 11) is -1.88. The molecule has 2 aromatic carbocycles. The molecule has 0 aliphatic carbocycles. The van der Waals surface area contributed by atoms with Gasteiger partial charge >= 0.3 is 0 Å². The largest absolute Gasteiger partial charge is 0.328 e. The predicted octanol–water partition coefficient (Wildman–Crippen LogP) is 3.70. The fraction of sp³-hybridized carbons (Fsp3) is 0.0588. The number of hydrogen-bond acceptors (Lipinski definition) is 5. The number of nitrogens with one attached hydrogen (secondary N) is 1. The highest BCUT2D eigenvalue weighted by Gasteiger charge is 2.15. The van der Waals surface area contributed by atoms with Crippen LogP contribution >= 0.6 is 11.6 Å². The van der Waals surface area contributed by atoms with Gasteiger partial charge in [0.1, 0.15) is 0 Å². The van der Waals surface area contributed by atoms with Gasteiger partial charge < -0.3 is 4.90 Å². The molecule has 0 saturated carbocycles. The van der Waals surface area contributed by atoms with E-state index in [-0.39, 0.29) is 10.7 Å². The van der Waals surface area contributed by atoms with Gasteiger partial charge in [-0.2, -0.15) is 0 Å². The van der Waals surface area contributed by atoms with Gasteiger partial charge in [-0.1, -0.05) is 29.8 Å². The molecule has 1 N–H and O–H groups in total. The monoisotopic (exact) mass is 374 g/mol. The van der Waals surface area contributed by atoms with Crippen molar-refractivity contribution in [2.24, 2.45) is 0 Å². The summed E-state index contributed by atoms with van der Waals surface area (Å²) in [5.74, 6) is 0.737. The van der Waals surface area contributed by atoms with E-state index in [0.717, 1.165) is 5.69 Å². The number of halogens is 1. The first-order valence-corrected chi connectivity index (χ1v) is 9.23. The molecule has 0 unspecified atom stereocenters. The van der Waals surface area contributed by atoms with E-state index in [1.807, 2.05) is 42.3 Å². The molecule has 0 radical (unpaired) electrons. The highest BCUT2D eigenvalue weighted by atomic mass is 35.5. The number of anilines is 3. The van der Waals surface area contributed by atoms with E-state index in [1.165, 1.54) is 24.3 Å². The maximum Gasteiger partial charge on any atom is 0.263 e. The van der Waals surface area contributed by atoms with Crippen molar-refractivity contribution in [1.29, 1.82) is 0 Å². The lowest BCUT2D eigenvalue weighted by molar-refractivity contribution is 0.601. The molecule has 0 spiro atoms. The molecule has 0 amide bonds. The van der Waals surface area contributed by atoms with Crippen molar-refractivity contribution in [2.75, 3.05) is 16.7 Å². The van der Waals surface area contributed by atoms with Gasteiger partial charge in [0.25, 0.3) is 10.0 Å². The van der Waals surface area contributed by atoms with E-state index in [2.05, 4.69) is 14.9 Å². The Morgan fingerprint density at radius 1 is 0.920 bits per heavy atom. The van der Waals surface area contributed by atoms with Crippen LogP contribution in [0.5, 0.6) is 0 Å². The molecule has 0 fully saturated rings. The summed E-state index contributed by atoms with van der Waals surface area (Å²) < 4.78 is 27.0. The van der Waals surface area contributed by atoms with E-state index >= 15 is 0 Å². The van der Waals surface area contributed by atoms with Crippen LogP contribution in [0.15, 0.2) is 71.6 Å². The number of aromatic nitrogens is 2. The summed E-state index contributed by atoms with van der Waals surface area (Å²) >= 11 is 5.78. The number of nitrogens with zero attached hydrogens (tertiary/aromatic N) is 3. The number of para-hydroxylation sites is 1. The van der Waals surface area contributed by atoms with Crippen LogP contribution in [0.1, 0.15) is 0 Å². The van der Waals surface area contributed by atoms with Crippen molar-refractivity contribution in [3.63, 3.8) is 0 Å². The Kier molecular flexibility index (Phi) is 4.87. The first-order valence-electron chi connectivity index (χ1n) is 7.36. The van der Waals surface area contributed by atoms with Crippen LogP contribution in [0.2, 0.25) is 5.02 Å². The Morgan fingerprint density at radius 3 is 2.20 bits per heavy atom. The third-order valence-corrected chi connectivity index (χ3v) is 5.12. The number of hydrogen-bond donors (Lipinski definition) is 1. The maximum atomic E-state index is 12.3. The van der Waals surface area contributed by atoms with Crippen LogP contribution in [0.4, 0.5) is 17.3 Å². The van der Waals surface area contributed by atoms with Crippen molar-refractivity contribution >= 4 is 38.9 Å². The van der Waals surface area contributed by atoms with Gasteiger partial charge in [-0.05, 0) is 48.5 Å². The second kappa shape index (κ2) is 7.08. The molecule has 25 heavy (non-hydrogen) atoms. The first kappa shape index (κ1) is 17.2. The minimum Gasteiger partial charge on any atom is -0.328 e. The zero-order valence-corrected chi connectivity index (χ0v) is 14.9. The van der Waals surface area contributed by atoms with Crippen molar-refractivity contribution in [3.8, 4) is 0 Å². The molecule has 0 aliphatic rings. The highest BCUT2D eigenvalue weighted by Crippen LogP contribution is 2.22. The van der Waals surface area contributed by atoms with Gasteiger partial charge in [-0.15, -0.1) is 10.2 Å². The molecule has 8 heteroatoms. The Morgan fingerprint density at radius 2 is 1.60 bits per heavy atom. The normalized spacial score (nSPS) is 11.1. The van der Waals surface area contributed by atoms with Gasteiger partial charge in [-0.25, -0.2) is 8.42 Å². The first-order chi connectivity index (χ1) is 12.0. The Bertz CT molecular complexity index is 946. The molecule has 128 valence electrons. The van der Waals surface area contributed by atoms with Crippen LogP contribution in [-0.4, -0.2) is 25.7 Å². The Labute approximate surface area is 151 Å². The van der Waals surface area contributed by atoms with Gasteiger partial charge in [0.2, 0.25) is 0 Å². The molecular formula is C17H15ClN4O2S. The summed E-state index contributed by atoms with van der Waals surface area (Å²) in [6.07, 6.45) is 0. The SMILES string of the molecule is CN(c1ccccc1)c1ccc(NS(=O)(=O)c2ccc(Cl)cc2)nn1. The molecule has 0 aliphatic heterocycles. The third kappa shape index (κ3) is 4.07.